The number of aldehydes is 1. The van der Waals surface area contributed by atoms with E-state index in [1.54, 1.807) is 0 Å². The molecule has 0 radical (unpaired) electrons. The molecular formula is C12H9FO3. The number of rotatable bonds is 2. The molecule has 4 heteroatoms. The van der Waals surface area contributed by atoms with Gasteiger partial charge >= 0.3 is 5.97 Å². The number of hydrogen-bond acceptors (Lipinski definition) is 3. The van der Waals surface area contributed by atoms with Crippen LogP contribution in [0.25, 0.3) is 0 Å². The van der Waals surface area contributed by atoms with E-state index in [0.717, 1.165) is 6.07 Å². The highest BCUT2D eigenvalue weighted by atomic mass is 19.1. The van der Waals surface area contributed by atoms with Crippen molar-refractivity contribution in [2.24, 2.45) is 0 Å². The fourth-order valence-corrected chi connectivity index (χ4v) is 0.991. The Morgan fingerprint density at radius 1 is 1.56 bits per heavy atom. The summed E-state index contributed by atoms with van der Waals surface area (Å²) in [4.78, 5) is 21.1. The number of carbonyl (C=O) groups is 2. The average molecular weight is 220 g/mol. The minimum absolute atomic E-state index is 0.0153. The van der Waals surface area contributed by atoms with Crippen molar-refractivity contribution in [2.75, 3.05) is 7.11 Å². The van der Waals surface area contributed by atoms with Crippen LogP contribution in [0.2, 0.25) is 0 Å². The molecule has 3 nitrogen and oxygen atoms in total. The molecule has 1 rings (SSSR count). The molecule has 0 heterocycles. The lowest BCUT2D eigenvalue weighted by molar-refractivity contribution is -0.139. The van der Waals surface area contributed by atoms with Gasteiger partial charge in [-0.15, -0.1) is 0 Å². The molecule has 0 amide bonds. The Labute approximate surface area is 92.2 Å². The monoisotopic (exact) mass is 220 g/mol. The summed E-state index contributed by atoms with van der Waals surface area (Å²) in [7, 11) is 1.27. The smallest absolute Gasteiger partial charge is 0.317 e. The van der Waals surface area contributed by atoms with Crippen molar-refractivity contribution < 1.29 is 18.7 Å². The van der Waals surface area contributed by atoms with Gasteiger partial charge in [-0.1, -0.05) is 11.8 Å². The van der Waals surface area contributed by atoms with Crippen molar-refractivity contribution >= 4 is 12.3 Å². The topological polar surface area (TPSA) is 43.4 Å². The van der Waals surface area contributed by atoms with Gasteiger partial charge in [-0.2, -0.15) is 0 Å². The van der Waals surface area contributed by atoms with Crippen molar-refractivity contribution in [3.05, 3.63) is 35.1 Å². The maximum absolute atomic E-state index is 13.1. The number of hydrogen-bond donors (Lipinski definition) is 0. The number of carbonyl (C=O) groups excluding carboxylic acids is 2. The molecule has 0 aliphatic rings. The highest BCUT2D eigenvalue weighted by Gasteiger charge is 2.00. The second-order valence-electron chi connectivity index (χ2n) is 2.91. The SMILES string of the molecule is COC(=O)CC#Cc1ccc(C=O)c(F)c1. The molecule has 0 unspecified atom stereocenters. The molecule has 0 saturated heterocycles. The molecule has 0 N–H and O–H groups in total. The van der Waals surface area contributed by atoms with Crippen LogP contribution in [0.5, 0.6) is 0 Å². The second-order valence-corrected chi connectivity index (χ2v) is 2.91. The first-order valence-corrected chi connectivity index (χ1v) is 4.47. The van der Waals surface area contributed by atoms with Gasteiger partial charge in [-0.25, -0.2) is 4.39 Å². The molecule has 0 aliphatic heterocycles. The third-order valence-corrected chi connectivity index (χ3v) is 1.82. The summed E-state index contributed by atoms with van der Waals surface area (Å²) in [5, 5.41) is 0. The highest BCUT2D eigenvalue weighted by Crippen LogP contribution is 2.07. The van der Waals surface area contributed by atoms with Gasteiger partial charge in [0.1, 0.15) is 12.2 Å². The fraction of sp³-hybridized carbons (Fsp3) is 0.167. The number of ether oxygens (including phenoxy) is 1. The zero-order valence-corrected chi connectivity index (χ0v) is 8.62. The van der Waals surface area contributed by atoms with Crippen LogP contribution >= 0.6 is 0 Å². The Hall–Kier alpha value is -2.15. The Morgan fingerprint density at radius 2 is 2.31 bits per heavy atom. The minimum Gasteiger partial charge on any atom is -0.468 e. The van der Waals surface area contributed by atoms with E-state index in [9.17, 15) is 14.0 Å². The summed E-state index contributed by atoms with van der Waals surface area (Å²) in [6, 6.07) is 4.00. The van der Waals surface area contributed by atoms with E-state index in [0.29, 0.717) is 11.8 Å². The Morgan fingerprint density at radius 3 is 2.88 bits per heavy atom. The van der Waals surface area contributed by atoms with Gasteiger partial charge in [0.25, 0.3) is 0 Å². The molecule has 1 aromatic carbocycles. The average Bonchev–Trinajstić information content (AvgIpc) is 2.29. The third kappa shape index (κ3) is 3.21. The van der Waals surface area contributed by atoms with Crippen molar-refractivity contribution in [1.82, 2.24) is 0 Å². The van der Waals surface area contributed by atoms with Crippen LogP contribution in [-0.2, 0) is 9.53 Å². The lowest BCUT2D eigenvalue weighted by Crippen LogP contribution is -1.97. The van der Waals surface area contributed by atoms with Crippen LogP contribution in [0.15, 0.2) is 18.2 Å². The molecule has 0 bridgehead atoms. The van der Waals surface area contributed by atoms with E-state index >= 15 is 0 Å². The fourth-order valence-electron chi connectivity index (χ4n) is 0.991. The van der Waals surface area contributed by atoms with E-state index in [2.05, 4.69) is 16.6 Å². The van der Waals surface area contributed by atoms with Crippen LogP contribution < -0.4 is 0 Å². The summed E-state index contributed by atoms with van der Waals surface area (Å²) in [6.45, 7) is 0. The van der Waals surface area contributed by atoms with Gasteiger partial charge < -0.3 is 4.74 Å². The lowest BCUT2D eigenvalue weighted by atomic mass is 10.1. The summed E-state index contributed by atoms with van der Waals surface area (Å²) < 4.78 is 17.5. The molecule has 16 heavy (non-hydrogen) atoms. The van der Waals surface area contributed by atoms with Gasteiger partial charge in [-0.3, -0.25) is 9.59 Å². The molecule has 0 saturated carbocycles. The summed E-state index contributed by atoms with van der Waals surface area (Å²) in [6.07, 6.45) is 0.383. The van der Waals surface area contributed by atoms with Crippen LogP contribution in [0.4, 0.5) is 4.39 Å². The van der Waals surface area contributed by atoms with Crippen molar-refractivity contribution in [3.8, 4) is 11.8 Å². The first kappa shape index (κ1) is 11.9. The Balaban J connectivity index is 2.78. The predicted molar refractivity (Wildman–Crippen MR) is 55.3 cm³/mol. The minimum atomic E-state index is -0.625. The Bertz CT molecular complexity index is 469. The number of benzene rings is 1. The largest absolute Gasteiger partial charge is 0.468 e. The van der Waals surface area contributed by atoms with Crippen LogP contribution in [0.3, 0.4) is 0 Å². The number of esters is 1. The standard InChI is InChI=1S/C12H9FO3/c1-16-12(15)4-2-3-9-5-6-10(8-14)11(13)7-9/h5-8H,4H2,1H3. The summed E-state index contributed by atoms with van der Waals surface area (Å²) >= 11 is 0. The zero-order chi connectivity index (χ0) is 12.0. The molecule has 82 valence electrons. The van der Waals surface area contributed by atoms with E-state index in [1.165, 1.54) is 19.2 Å². The molecule has 0 atom stereocenters. The Kier molecular flexibility index (Phi) is 4.22. The van der Waals surface area contributed by atoms with Crippen LogP contribution in [0.1, 0.15) is 22.3 Å². The predicted octanol–water partition coefficient (Wildman–Crippen LogP) is 1.55. The van der Waals surface area contributed by atoms with Gasteiger partial charge in [-0.05, 0) is 18.2 Å². The second kappa shape index (κ2) is 5.66. The van der Waals surface area contributed by atoms with E-state index < -0.39 is 11.8 Å². The van der Waals surface area contributed by atoms with Crippen molar-refractivity contribution in [2.45, 2.75) is 6.42 Å². The normalized spacial score (nSPS) is 8.88. The summed E-state index contributed by atoms with van der Waals surface area (Å²) in [5.74, 6) is 4.06. The quantitative estimate of drug-likeness (QED) is 0.431. The van der Waals surface area contributed by atoms with E-state index in [-0.39, 0.29) is 12.0 Å². The summed E-state index contributed by atoms with van der Waals surface area (Å²) in [5.41, 5.74) is 0.394. The highest BCUT2D eigenvalue weighted by molar-refractivity contribution is 5.75. The molecule has 0 spiro atoms. The van der Waals surface area contributed by atoms with Crippen molar-refractivity contribution in [3.63, 3.8) is 0 Å². The number of halogens is 1. The van der Waals surface area contributed by atoms with Crippen LogP contribution in [-0.4, -0.2) is 19.4 Å². The zero-order valence-electron chi connectivity index (χ0n) is 8.62. The molecular weight excluding hydrogens is 211 g/mol. The van der Waals surface area contributed by atoms with Crippen LogP contribution in [0, 0.1) is 17.7 Å². The van der Waals surface area contributed by atoms with Gasteiger partial charge in [0, 0.05) is 5.56 Å². The molecule has 1 aromatic rings. The van der Waals surface area contributed by atoms with Gasteiger partial charge in [0.15, 0.2) is 6.29 Å². The third-order valence-electron chi connectivity index (χ3n) is 1.82. The molecule has 0 aliphatic carbocycles. The number of methoxy groups -OCH3 is 1. The first-order valence-electron chi connectivity index (χ1n) is 4.47. The van der Waals surface area contributed by atoms with Crippen molar-refractivity contribution in [1.29, 1.82) is 0 Å². The van der Waals surface area contributed by atoms with E-state index in [4.69, 9.17) is 0 Å². The lowest BCUT2D eigenvalue weighted by Gasteiger charge is -1.94. The maximum atomic E-state index is 13.1. The van der Waals surface area contributed by atoms with Gasteiger partial charge in [0.05, 0.1) is 12.7 Å². The molecule has 0 fully saturated rings. The van der Waals surface area contributed by atoms with Gasteiger partial charge in [0.2, 0.25) is 0 Å². The van der Waals surface area contributed by atoms with E-state index in [1.807, 2.05) is 0 Å². The first-order chi connectivity index (χ1) is 7.67. The maximum Gasteiger partial charge on any atom is 0.317 e. The molecule has 0 aromatic heterocycles.